The van der Waals surface area contributed by atoms with Crippen LogP contribution < -0.4 is 21.3 Å². The molecule has 1 heterocycles. The first-order chi connectivity index (χ1) is 31.0. The number of ether oxygens (including phenoxy) is 4. The second-order valence-corrected chi connectivity index (χ2v) is 16.8. The van der Waals surface area contributed by atoms with Gasteiger partial charge in [0.05, 0.1) is 45.3 Å². The molecule has 18 heteroatoms. The Bertz CT molecular complexity index is 1400. The van der Waals surface area contributed by atoms with Gasteiger partial charge in [-0.1, -0.05) is 103 Å². The molecule has 368 valence electrons. The summed E-state index contributed by atoms with van der Waals surface area (Å²) < 4.78 is 23.3. The van der Waals surface area contributed by atoms with Gasteiger partial charge in [-0.2, -0.15) is 0 Å². The minimum absolute atomic E-state index is 0.00868. The molecule has 0 aromatic carbocycles. The van der Waals surface area contributed by atoms with E-state index in [2.05, 4.69) is 45.4 Å². The van der Waals surface area contributed by atoms with Gasteiger partial charge in [0.25, 0.3) is 0 Å². The quantitative estimate of drug-likeness (QED) is 0.0551. The molecular formula is C46H83N7O11. The SMILES string of the molecule is CC(=O)CCc1cn(CCCCCCCCCCCCCCCC(=O)N[C@H](CCC(=O)NCCOCCOCC(=O)NCCOCCOCC(=O)NCCCCC(C)C)C(=O)O)nn1. The number of aryl methyl sites for hydroxylation is 2. The highest BCUT2D eigenvalue weighted by Gasteiger charge is 2.21. The number of carboxylic acid groups (broad SMARTS) is 1. The van der Waals surface area contributed by atoms with Crippen molar-refractivity contribution in [3.8, 4) is 0 Å². The molecule has 0 unspecified atom stereocenters. The summed E-state index contributed by atoms with van der Waals surface area (Å²) in [4.78, 5) is 71.1. The maximum Gasteiger partial charge on any atom is 0.326 e. The number of aliphatic carboxylic acids is 1. The van der Waals surface area contributed by atoms with Crippen LogP contribution in [0, 0.1) is 5.92 Å². The molecule has 0 fully saturated rings. The number of aromatic nitrogens is 3. The van der Waals surface area contributed by atoms with Gasteiger partial charge >= 0.3 is 5.97 Å². The molecule has 0 radical (unpaired) electrons. The lowest BCUT2D eigenvalue weighted by Crippen LogP contribution is -2.41. The predicted molar refractivity (Wildman–Crippen MR) is 243 cm³/mol. The molecule has 1 aromatic rings. The molecule has 0 spiro atoms. The highest BCUT2D eigenvalue weighted by Crippen LogP contribution is 2.14. The minimum Gasteiger partial charge on any atom is -0.480 e. The van der Waals surface area contributed by atoms with Crippen LogP contribution in [0.5, 0.6) is 0 Å². The Kier molecular flexibility index (Phi) is 36.7. The average Bonchev–Trinajstić information content (AvgIpc) is 3.72. The molecular weight excluding hydrogens is 827 g/mol. The van der Waals surface area contributed by atoms with Gasteiger partial charge in [-0.05, 0) is 44.9 Å². The van der Waals surface area contributed by atoms with Gasteiger partial charge in [-0.3, -0.25) is 23.9 Å². The zero-order valence-electron chi connectivity index (χ0n) is 39.4. The summed E-state index contributed by atoms with van der Waals surface area (Å²) in [5.74, 6) is -1.43. The van der Waals surface area contributed by atoms with Gasteiger partial charge in [0.2, 0.25) is 23.6 Å². The fourth-order valence-corrected chi connectivity index (χ4v) is 6.56. The van der Waals surface area contributed by atoms with Crippen LogP contribution in [0.1, 0.15) is 155 Å². The van der Waals surface area contributed by atoms with Crippen LogP contribution in [0.2, 0.25) is 0 Å². The highest BCUT2D eigenvalue weighted by molar-refractivity contribution is 5.84. The van der Waals surface area contributed by atoms with Crippen molar-refractivity contribution in [1.29, 1.82) is 0 Å². The Morgan fingerprint density at radius 1 is 0.578 bits per heavy atom. The van der Waals surface area contributed by atoms with E-state index in [0.29, 0.717) is 51.5 Å². The summed E-state index contributed by atoms with van der Waals surface area (Å²) in [7, 11) is 0. The summed E-state index contributed by atoms with van der Waals surface area (Å²) in [6, 6.07) is -1.13. The topological polar surface area (TPSA) is 238 Å². The van der Waals surface area contributed by atoms with Crippen molar-refractivity contribution < 1.29 is 52.8 Å². The van der Waals surface area contributed by atoms with Crippen molar-refractivity contribution in [3.05, 3.63) is 11.9 Å². The van der Waals surface area contributed by atoms with Crippen LogP contribution in [0.4, 0.5) is 0 Å². The third kappa shape index (κ3) is 37.4. The van der Waals surface area contributed by atoms with Gasteiger partial charge in [0, 0.05) is 51.6 Å². The second kappa shape index (κ2) is 40.5. The molecule has 0 aliphatic heterocycles. The number of rotatable bonds is 45. The number of Topliss-reactive ketones (excluding diaryl/α,β-unsaturated/α-hetero) is 1. The van der Waals surface area contributed by atoms with Crippen LogP contribution in [-0.2, 0) is 60.7 Å². The summed E-state index contributed by atoms with van der Waals surface area (Å²) in [5.41, 5.74) is 0.881. The van der Waals surface area contributed by atoms with E-state index in [9.17, 15) is 33.9 Å². The Hall–Kier alpha value is -4.00. The number of nitrogens with zero attached hydrogens (tertiary/aromatic N) is 3. The zero-order valence-corrected chi connectivity index (χ0v) is 39.4. The minimum atomic E-state index is -1.17. The van der Waals surface area contributed by atoms with Gasteiger partial charge in [-0.15, -0.1) is 5.10 Å². The van der Waals surface area contributed by atoms with Crippen molar-refractivity contribution in [2.24, 2.45) is 5.92 Å². The fraction of sp³-hybridized carbons (Fsp3) is 0.826. The van der Waals surface area contributed by atoms with Gasteiger partial charge in [0.15, 0.2) is 0 Å². The van der Waals surface area contributed by atoms with Crippen LogP contribution in [0.25, 0.3) is 0 Å². The van der Waals surface area contributed by atoms with Crippen molar-refractivity contribution in [2.75, 3.05) is 72.5 Å². The normalized spacial score (nSPS) is 11.7. The Morgan fingerprint density at radius 2 is 1.09 bits per heavy atom. The number of nitrogens with one attached hydrogen (secondary N) is 4. The van der Waals surface area contributed by atoms with E-state index in [0.717, 1.165) is 57.2 Å². The summed E-state index contributed by atoms with van der Waals surface area (Å²) >= 11 is 0. The number of unbranched alkanes of at least 4 members (excludes halogenated alkanes) is 13. The number of amides is 4. The van der Waals surface area contributed by atoms with Crippen molar-refractivity contribution in [2.45, 2.75) is 168 Å². The Morgan fingerprint density at radius 3 is 1.64 bits per heavy atom. The molecule has 0 aliphatic rings. The Balaban J connectivity index is 1.90. The maximum absolute atomic E-state index is 12.4. The molecule has 1 atom stereocenters. The number of hydrogen-bond donors (Lipinski definition) is 5. The van der Waals surface area contributed by atoms with Crippen LogP contribution in [0.15, 0.2) is 6.20 Å². The van der Waals surface area contributed by atoms with Crippen LogP contribution in [-0.4, -0.2) is 134 Å². The fourth-order valence-electron chi connectivity index (χ4n) is 6.56. The largest absolute Gasteiger partial charge is 0.480 e. The van der Waals surface area contributed by atoms with Gasteiger partial charge in [0.1, 0.15) is 25.0 Å². The van der Waals surface area contributed by atoms with Crippen molar-refractivity contribution in [1.82, 2.24) is 36.3 Å². The lowest BCUT2D eigenvalue weighted by Gasteiger charge is -2.14. The monoisotopic (exact) mass is 910 g/mol. The molecule has 64 heavy (non-hydrogen) atoms. The number of carboxylic acids is 1. The molecule has 4 amide bonds. The van der Waals surface area contributed by atoms with Crippen molar-refractivity contribution in [3.63, 3.8) is 0 Å². The molecule has 0 bridgehead atoms. The van der Waals surface area contributed by atoms with Gasteiger partial charge in [-0.25, -0.2) is 4.79 Å². The summed E-state index contributed by atoms with van der Waals surface area (Å²) in [6.07, 6.45) is 21.2. The highest BCUT2D eigenvalue weighted by atomic mass is 16.5. The van der Waals surface area contributed by atoms with Gasteiger partial charge < -0.3 is 50.1 Å². The smallest absolute Gasteiger partial charge is 0.326 e. The molecule has 18 nitrogen and oxygen atoms in total. The standard InChI is InChI=1S/C46H83N7O11/c1-38(2)19-16-17-25-47-44(57)36-63-33-32-62-30-27-49-45(58)37-64-34-31-61-29-26-48-42(55)24-23-41(46(59)60)50-43(56)20-15-13-11-9-7-5-4-6-8-10-12-14-18-28-53-35-40(51-52-53)22-21-39(3)54/h35,38,41H,4-34,36-37H2,1-3H3,(H,47,57)(H,48,55)(H,49,58)(H,50,56)(H,59,60)/t41-/m1/s1. The number of carbonyl (C=O) groups is 6. The third-order valence-electron chi connectivity index (χ3n) is 10.3. The third-order valence-corrected chi connectivity index (χ3v) is 10.3. The number of carbonyl (C=O) groups excluding carboxylic acids is 5. The first-order valence-corrected chi connectivity index (χ1v) is 24.0. The second-order valence-electron chi connectivity index (χ2n) is 16.8. The molecule has 1 rings (SSSR count). The van der Waals surface area contributed by atoms with Crippen LogP contribution in [0.3, 0.4) is 0 Å². The van der Waals surface area contributed by atoms with E-state index in [-0.39, 0.29) is 94.9 Å². The van der Waals surface area contributed by atoms with Crippen LogP contribution >= 0.6 is 0 Å². The Labute approximate surface area is 382 Å². The molecule has 5 N–H and O–H groups in total. The van der Waals surface area contributed by atoms with E-state index in [1.807, 2.05) is 10.9 Å². The van der Waals surface area contributed by atoms with Crippen molar-refractivity contribution >= 4 is 35.4 Å². The number of hydrogen-bond acceptors (Lipinski definition) is 12. The van der Waals surface area contributed by atoms with E-state index in [1.165, 1.54) is 51.4 Å². The number of ketones is 1. The molecule has 0 saturated heterocycles. The molecule has 1 aromatic heterocycles. The lowest BCUT2D eigenvalue weighted by atomic mass is 10.0. The van der Waals surface area contributed by atoms with E-state index in [4.69, 9.17) is 18.9 Å². The molecule has 0 aliphatic carbocycles. The van der Waals surface area contributed by atoms with E-state index in [1.54, 1.807) is 6.92 Å². The van der Waals surface area contributed by atoms with E-state index >= 15 is 0 Å². The van der Waals surface area contributed by atoms with E-state index < -0.39 is 12.0 Å². The first kappa shape index (κ1) is 58.0. The molecule has 0 saturated carbocycles. The summed E-state index contributed by atoms with van der Waals surface area (Å²) in [6.45, 7) is 9.36. The lowest BCUT2D eigenvalue weighted by molar-refractivity contribution is -0.142. The maximum atomic E-state index is 12.4. The predicted octanol–water partition coefficient (Wildman–Crippen LogP) is 4.85. The first-order valence-electron chi connectivity index (χ1n) is 24.0. The summed E-state index contributed by atoms with van der Waals surface area (Å²) in [5, 5.41) is 28.6. The average molecular weight is 910 g/mol. The zero-order chi connectivity index (χ0) is 46.9.